The van der Waals surface area contributed by atoms with Gasteiger partial charge >= 0.3 is 0 Å². The van der Waals surface area contributed by atoms with E-state index in [0.29, 0.717) is 12.8 Å². The standard InChI is InChI=1S/C15H20O3/c1-4-6-15(11-12(16)5-2)18-14-9-7-13(17-3)8-10-14/h4-5,7-10,12,15-16H,1-2,6,11H2,3H3/t12-,15-/m0/s1. The fraction of sp³-hybridized carbons (Fsp3) is 0.333. The normalized spacial score (nSPS) is 13.4. The molecule has 0 radical (unpaired) electrons. The second-order valence-electron chi connectivity index (χ2n) is 3.98. The Labute approximate surface area is 108 Å². The van der Waals surface area contributed by atoms with Gasteiger partial charge < -0.3 is 14.6 Å². The molecule has 0 saturated carbocycles. The number of hydrogen-bond acceptors (Lipinski definition) is 3. The number of benzene rings is 1. The summed E-state index contributed by atoms with van der Waals surface area (Å²) >= 11 is 0. The van der Waals surface area contributed by atoms with E-state index in [2.05, 4.69) is 13.2 Å². The Hall–Kier alpha value is -1.74. The summed E-state index contributed by atoms with van der Waals surface area (Å²) < 4.78 is 10.9. The van der Waals surface area contributed by atoms with Crippen LogP contribution in [0.2, 0.25) is 0 Å². The molecule has 2 atom stereocenters. The summed E-state index contributed by atoms with van der Waals surface area (Å²) in [6, 6.07) is 7.36. The van der Waals surface area contributed by atoms with Crippen molar-refractivity contribution in [1.29, 1.82) is 0 Å². The molecule has 0 spiro atoms. The number of methoxy groups -OCH3 is 1. The van der Waals surface area contributed by atoms with Crippen molar-refractivity contribution in [2.45, 2.75) is 25.0 Å². The number of rotatable bonds is 8. The fourth-order valence-electron chi connectivity index (χ4n) is 1.59. The first-order valence-corrected chi connectivity index (χ1v) is 5.91. The maximum atomic E-state index is 9.56. The van der Waals surface area contributed by atoms with Crippen molar-refractivity contribution in [3.63, 3.8) is 0 Å². The predicted molar refractivity (Wildman–Crippen MR) is 73.0 cm³/mol. The molecule has 0 amide bonds. The minimum Gasteiger partial charge on any atom is -0.497 e. The quantitative estimate of drug-likeness (QED) is 0.719. The van der Waals surface area contributed by atoms with Gasteiger partial charge in [-0.05, 0) is 24.3 Å². The predicted octanol–water partition coefficient (Wildman–Crippen LogP) is 2.96. The lowest BCUT2D eigenvalue weighted by Crippen LogP contribution is -2.21. The van der Waals surface area contributed by atoms with Crippen LogP contribution in [0.15, 0.2) is 49.6 Å². The third-order valence-electron chi connectivity index (χ3n) is 2.57. The zero-order chi connectivity index (χ0) is 13.4. The largest absolute Gasteiger partial charge is 0.497 e. The molecule has 1 N–H and O–H groups in total. The van der Waals surface area contributed by atoms with Gasteiger partial charge in [-0.25, -0.2) is 0 Å². The van der Waals surface area contributed by atoms with E-state index in [-0.39, 0.29) is 6.10 Å². The van der Waals surface area contributed by atoms with Crippen molar-refractivity contribution < 1.29 is 14.6 Å². The lowest BCUT2D eigenvalue weighted by molar-refractivity contribution is 0.123. The molecule has 18 heavy (non-hydrogen) atoms. The highest BCUT2D eigenvalue weighted by Gasteiger charge is 2.13. The maximum Gasteiger partial charge on any atom is 0.120 e. The van der Waals surface area contributed by atoms with E-state index in [4.69, 9.17) is 9.47 Å². The van der Waals surface area contributed by atoms with Gasteiger partial charge in [0.25, 0.3) is 0 Å². The van der Waals surface area contributed by atoms with Crippen molar-refractivity contribution in [3.05, 3.63) is 49.6 Å². The van der Waals surface area contributed by atoms with E-state index >= 15 is 0 Å². The van der Waals surface area contributed by atoms with Crippen LogP contribution in [0.5, 0.6) is 11.5 Å². The van der Waals surface area contributed by atoms with Crippen LogP contribution in [0.4, 0.5) is 0 Å². The topological polar surface area (TPSA) is 38.7 Å². The average molecular weight is 248 g/mol. The Morgan fingerprint density at radius 3 is 2.33 bits per heavy atom. The highest BCUT2D eigenvalue weighted by atomic mass is 16.5. The molecule has 0 heterocycles. The van der Waals surface area contributed by atoms with Crippen molar-refractivity contribution in [2.24, 2.45) is 0 Å². The summed E-state index contributed by atoms with van der Waals surface area (Å²) in [6.45, 7) is 7.25. The first kappa shape index (κ1) is 14.3. The fourth-order valence-corrected chi connectivity index (χ4v) is 1.59. The second-order valence-corrected chi connectivity index (χ2v) is 3.98. The Morgan fingerprint density at radius 2 is 1.83 bits per heavy atom. The lowest BCUT2D eigenvalue weighted by atomic mass is 10.1. The van der Waals surface area contributed by atoms with Crippen LogP contribution in [0, 0.1) is 0 Å². The van der Waals surface area contributed by atoms with Gasteiger partial charge in [-0.3, -0.25) is 0 Å². The molecular formula is C15H20O3. The van der Waals surface area contributed by atoms with Gasteiger partial charge in [0.15, 0.2) is 0 Å². The third kappa shape index (κ3) is 4.63. The molecule has 0 unspecified atom stereocenters. The Balaban J connectivity index is 2.63. The summed E-state index contributed by atoms with van der Waals surface area (Å²) in [7, 11) is 1.62. The van der Waals surface area contributed by atoms with E-state index < -0.39 is 6.10 Å². The van der Waals surface area contributed by atoms with E-state index in [1.807, 2.05) is 24.3 Å². The van der Waals surface area contributed by atoms with Gasteiger partial charge in [0.05, 0.1) is 13.2 Å². The van der Waals surface area contributed by atoms with Crippen LogP contribution in [0.1, 0.15) is 12.8 Å². The van der Waals surface area contributed by atoms with Crippen LogP contribution in [-0.2, 0) is 0 Å². The average Bonchev–Trinajstić information content (AvgIpc) is 2.39. The summed E-state index contributed by atoms with van der Waals surface area (Å²) in [4.78, 5) is 0. The van der Waals surface area contributed by atoms with Crippen molar-refractivity contribution in [1.82, 2.24) is 0 Å². The smallest absolute Gasteiger partial charge is 0.120 e. The Bertz CT molecular complexity index is 370. The molecule has 0 aliphatic carbocycles. The molecule has 0 bridgehead atoms. The van der Waals surface area contributed by atoms with Crippen LogP contribution in [-0.4, -0.2) is 24.4 Å². The number of hydrogen-bond donors (Lipinski definition) is 1. The second kappa shape index (κ2) is 7.56. The van der Waals surface area contributed by atoms with Crippen molar-refractivity contribution in [2.75, 3.05) is 7.11 Å². The van der Waals surface area contributed by atoms with Gasteiger partial charge in [-0.2, -0.15) is 0 Å². The number of aliphatic hydroxyl groups excluding tert-OH is 1. The zero-order valence-corrected chi connectivity index (χ0v) is 10.7. The van der Waals surface area contributed by atoms with E-state index in [9.17, 15) is 5.11 Å². The zero-order valence-electron chi connectivity index (χ0n) is 10.7. The molecular weight excluding hydrogens is 228 g/mol. The van der Waals surface area contributed by atoms with Gasteiger partial charge in [-0.1, -0.05) is 12.2 Å². The van der Waals surface area contributed by atoms with E-state index in [0.717, 1.165) is 11.5 Å². The molecule has 0 fully saturated rings. The summed E-state index contributed by atoms with van der Waals surface area (Å²) in [5.41, 5.74) is 0. The van der Waals surface area contributed by atoms with Gasteiger partial charge in [0, 0.05) is 12.8 Å². The van der Waals surface area contributed by atoms with Crippen LogP contribution < -0.4 is 9.47 Å². The van der Waals surface area contributed by atoms with Crippen molar-refractivity contribution >= 4 is 0 Å². The van der Waals surface area contributed by atoms with Crippen LogP contribution in [0.25, 0.3) is 0 Å². The molecule has 1 aromatic carbocycles. The monoisotopic (exact) mass is 248 g/mol. The van der Waals surface area contributed by atoms with Crippen LogP contribution >= 0.6 is 0 Å². The SMILES string of the molecule is C=CC[C@@H](C[C@@H](O)C=C)Oc1ccc(OC)cc1. The highest BCUT2D eigenvalue weighted by molar-refractivity contribution is 5.31. The first-order chi connectivity index (χ1) is 8.69. The molecule has 3 nitrogen and oxygen atoms in total. The van der Waals surface area contributed by atoms with Crippen molar-refractivity contribution in [3.8, 4) is 11.5 Å². The lowest BCUT2D eigenvalue weighted by Gasteiger charge is -2.19. The molecule has 0 aromatic heterocycles. The van der Waals surface area contributed by atoms with Gasteiger partial charge in [0.1, 0.15) is 17.6 Å². The summed E-state index contributed by atoms with van der Waals surface area (Å²) in [6.07, 6.45) is 3.80. The summed E-state index contributed by atoms with van der Waals surface area (Å²) in [5.74, 6) is 1.53. The summed E-state index contributed by atoms with van der Waals surface area (Å²) in [5, 5.41) is 9.56. The molecule has 3 heteroatoms. The van der Waals surface area contributed by atoms with E-state index in [1.165, 1.54) is 6.08 Å². The minimum atomic E-state index is -0.562. The number of aliphatic hydroxyl groups is 1. The van der Waals surface area contributed by atoms with Gasteiger partial charge in [-0.15, -0.1) is 13.2 Å². The Morgan fingerprint density at radius 1 is 1.22 bits per heavy atom. The van der Waals surface area contributed by atoms with Crippen LogP contribution in [0.3, 0.4) is 0 Å². The number of ether oxygens (including phenoxy) is 2. The molecule has 1 aromatic rings. The molecule has 0 saturated heterocycles. The van der Waals surface area contributed by atoms with E-state index in [1.54, 1.807) is 13.2 Å². The first-order valence-electron chi connectivity index (χ1n) is 5.91. The van der Waals surface area contributed by atoms with Gasteiger partial charge in [0.2, 0.25) is 0 Å². The maximum absolute atomic E-state index is 9.56. The molecule has 0 aliphatic rings. The third-order valence-corrected chi connectivity index (χ3v) is 2.57. The minimum absolute atomic E-state index is 0.108. The molecule has 1 rings (SSSR count). The Kier molecular flexibility index (Phi) is 6.01. The molecule has 0 aliphatic heterocycles. The molecule has 98 valence electrons. The highest BCUT2D eigenvalue weighted by Crippen LogP contribution is 2.20.